The predicted octanol–water partition coefficient (Wildman–Crippen LogP) is 11.6. The summed E-state index contributed by atoms with van der Waals surface area (Å²) in [5.41, 5.74) is 1.29. The SMILES string of the molecule is CC.CCC.CCC1C(C2(C)CCC(C)CC2)CCC2(C)C(C(C)CCCC(C)C)CCC12. The predicted molar refractivity (Wildman–Crippen MR) is 152 cm³/mol. The Morgan fingerprint density at radius 1 is 0.758 bits per heavy atom. The summed E-state index contributed by atoms with van der Waals surface area (Å²) >= 11 is 0. The van der Waals surface area contributed by atoms with Crippen molar-refractivity contribution in [2.24, 2.45) is 52.3 Å². The molecule has 33 heavy (non-hydrogen) atoms. The third kappa shape index (κ3) is 7.74. The standard InChI is InChI=1S/C28H52.C3H8.C2H6/c1-8-23-25(27(6)17-14-21(4)15-18-27)16-19-28(7)24(12-13-26(23)28)22(5)11-9-10-20(2)3;1-3-2;1-2/h20-26H,8-19H2,1-7H3;3H2,1-2H3;1-2H3. The molecule has 0 radical (unpaired) electrons. The lowest BCUT2D eigenvalue weighted by Crippen LogP contribution is -2.48. The van der Waals surface area contributed by atoms with E-state index in [9.17, 15) is 0 Å². The molecule has 3 aliphatic rings. The fourth-order valence-electron chi connectivity index (χ4n) is 8.54. The molecule has 0 aromatic heterocycles. The molecule has 0 nitrogen and oxygen atoms in total. The number of hydrogen-bond acceptors (Lipinski definition) is 0. The van der Waals surface area contributed by atoms with E-state index in [1.165, 1.54) is 83.5 Å². The van der Waals surface area contributed by atoms with Crippen molar-refractivity contribution in [3.05, 3.63) is 0 Å². The minimum atomic E-state index is 0.646. The van der Waals surface area contributed by atoms with Gasteiger partial charge in [-0.1, -0.05) is 121 Å². The molecule has 0 bridgehead atoms. The van der Waals surface area contributed by atoms with Gasteiger partial charge in [-0.25, -0.2) is 0 Å². The van der Waals surface area contributed by atoms with Gasteiger partial charge >= 0.3 is 0 Å². The molecule has 3 fully saturated rings. The molecule has 6 atom stereocenters. The van der Waals surface area contributed by atoms with E-state index in [4.69, 9.17) is 0 Å². The van der Waals surface area contributed by atoms with Crippen LogP contribution >= 0.6 is 0 Å². The average Bonchev–Trinajstić information content (AvgIpc) is 3.14. The highest BCUT2D eigenvalue weighted by molar-refractivity contribution is 5.06. The Morgan fingerprint density at radius 3 is 1.85 bits per heavy atom. The van der Waals surface area contributed by atoms with Crippen LogP contribution in [0.15, 0.2) is 0 Å². The third-order valence-electron chi connectivity index (χ3n) is 10.4. The molecule has 0 spiro atoms. The van der Waals surface area contributed by atoms with Crippen LogP contribution in [0.1, 0.15) is 160 Å². The number of rotatable bonds is 7. The maximum atomic E-state index is 2.73. The molecular weight excluding hydrogens is 396 g/mol. The number of fused-ring (bicyclic) bond motifs is 1. The minimum absolute atomic E-state index is 0.646. The molecule has 198 valence electrons. The molecule has 6 unspecified atom stereocenters. The Balaban J connectivity index is 0.00000101. The molecule has 0 N–H and O–H groups in total. The Bertz CT molecular complexity index is 496. The zero-order valence-corrected chi connectivity index (χ0v) is 25.2. The molecule has 0 heteroatoms. The molecule has 0 saturated heterocycles. The first-order valence-electron chi connectivity index (χ1n) is 15.6. The van der Waals surface area contributed by atoms with Gasteiger partial charge in [-0.15, -0.1) is 0 Å². The van der Waals surface area contributed by atoms with Gasteiger partial charge in [-0.2, -0.15) is 0 Å². The summed E-state index contributed by atoms with van der Waals surface area (Å²) in [6.45, 7) is 26.1. The van der Waals surface area contributed by atoms with Crippen LogP contribution in [0, 0.1) is 52.3 Å². The summed E-state index contributed by atoms with van der Waals surface area (Å²) in [6, 6.07) is 0. The van der Waals surface area contributed by atoms with Gasteiger partial charge in [0.1, 0.15) is 0 Å². The fourth-order valence-corrected chi connectivity index (χ4v) is 8.54. The quantitative estimate of drug-likeness (QED) is 0.353. The van der Waals surface area contributed by atoms with Gasteiger partial charge in [0.25, 0.3) is 0 Å². The first-order chi connectivity index (χ1) is 15.6. The van der Waals surface area contributed by atoms with E-state index in [1.807, 2.05) is 13.8 Å². The lowest BCUT2D eigenvalue weighted by Gasteiger charge is -2.56. The highest BCUT2D eigenvalue weighted by Gasteiger charge is 2.56. The summed E-state index contributed by atoms with van der Waals surface area (Å²) in [5.74, 6) is 6.82. The van der Waals surface area contributed by atoms with Crippen molar-refractivity contribution >= 4 is 0 Å². The number of hydrogen-bond donors (Lipinski definition) is 0. The largest absolute Gasteiger partial charge is 0.0683 e. The van der Waals surface area contributed by atoms with Gasteiger partial charge in [0, 0.05) is 0 Å². The Hall–Kier alpha value is 0. The summed E-state index contributed by atoms with van der Waals surface area (Å²) in [5, 5.41) is 0. The van der Waals surface area contributed by atoms with Crippen molar-refractivity contribution < 1.29 is 0 Å². The minimum Gasteiger partial charge on any atom is -0.0683 e. The lowest BCUT2D eigenvalue weighted by atomic mass is 9.49. The van der Waals surface area contributed by atoms with Crippen LogP contribution in [-0.4, -0.2) is 0 Å². The normalized spacial score (nSPS) is 39.1. The average molecular weight is 463 g/mol. The maximum absolute atomic E-state index is 2.73. The molecule has 0 heterocycles. The molecule has 0 aliphatic heterocycles. The van der Waals surface area contributed by atoms with Crippen LogP contribution in [0.4, 0.5) is 0 Å². The Labute approximate surface area is 211 Å². The van der Waals surface area contributed by atoms with E-state index in [0.717, 1.165) is 41.4 Å². The third-order valence-corrected chi connectivity index (χ3v) is 10.4. The van der Waals surface area contributed by atoms with Gasteiger partial charge in [0.05, 0.1) is 0 Å². The first kappa shape index (κ1) is 31.0. The van der Waals surface area contributed by atoms with E-state index in [0.29, 0.717) is 10.8 Å². The monoisotopic (exact) mass is 463 g/mol. The van der Waals surface area contributed by atoms with Crippen molar-refractivity contribution in [1.82, 2.24) is 0 Å². The summed E-state index contributed by atoms with van der Waals surface area (Å²) in [7, 11) is 0. The van der Waals surface area contributed by atoms with Crippen LogP contribution in [0.5, 0.6) is 0 Å². The van der Waals surface area contributed by atoms with Crippen LogP contribution < -0.4 is 0 Å². The van der Waals surface area contributed by atoms with E-state index >= 15 is 0 Å². The fraction of sp³-hybridized carbons (Fsp3) is 1.00. The van der Waals surface area contributed by atoms with Crippen LogP contribution in [-0.2, 0) is 0 Å². The van der Waals surface area contributed by atoms with Gasteiger partial charge in [0.2, 0.25) is 0 Å². The van der Waals surface area contributed by atoms with Crippen molar-refractivity contribution in [3.8, 4) is 0 Å². The smallest absolute Gasteiger partial charge is 0.0264 e. The zero-order chi connectivity index (χ0) is 25.2. The highest BCUT2D eigenvalue weighted by Crippen LogP contribution is 2.65. The van der Waals surface area contributed by atoms with Gasteiger partial charge in [-0.05, 0) is 90.8 Å². The van der Waals surface area contributed by atoms with Crippen molar-refractivity contribution in [2.75, 3.05) is 0 Å². The summed E-state index contributed by atoms with van der Waals surface area (Å²) in [4.78, 5) is 0. The molecule has 0 aromatic rings. The van der Waals surface area contributed by atoms with Crippen molar-refractivity contribution in [2.45, 2.75) is 160 Å². The molecule has 0 aromatic carbocycles. The van der Waals surface area contributed by atoms with Gasteiger partial charge < -0.3 is 0 Å². The second-order valence-corrected chi connectivity index (χ2v) is 13.4. The maximum Gasteiger partial charge on any atom is -0.0264 e. The molecule has 3 rings (SSSR count). The Morgan fingerprint density at radius 2 is 1.33 bits per heavy atom. The van der Waals surface area contributed by atoms with Crippen LogP contribution in [0.25, 0.3) is 0 Å². The molecular formula is C33H66. The Kier molecular flexibility index (Phi) is 13.7. The van der Waals surface area contributed by atoms with Gasteiger partial charge in [-0.3, -0.25) is 0 Å². The second-order valence-electron chi connectivity index (χ2n) is 13.4. The van der Waals surface area contributed by atoms with E-state index in [1.54, 1.807) is 0 Å². The molecule has 3 saturated carbocycles. The van der Waals surface area contributed by atoms with Crippen LogP contribution in [0.2, 0.25) is 0 Å². The topological polar surface area (TPSA) is 0 Å². The summed E-state index contributed by atoms with van der Waals surface area (Å²) in [6.07, 6.45) is 19.2. The highest BCUT2D eigenvalue weighted by atomic mass is 14.6. The van der Waals surface area contributed by atoms with Gasteiger partial charge in [0.15, 0.2) is 0 Å². The molecule has 3 aliphatic carbocycles. The molecule has 0 amide bonds. The second kappa shape index (κ2) is 14.5. The van der Waals surface area contributed by atoms with Crippen molar-refractivity contribution in [1.29, 1.82) is 0 Å². The van der Waals surface area contributed by atoms with E-state index < -0.39 is 0 Å². The lowest BCUT2D eigenvalue weighted by molar-refractivity contribution is -0.0642. The van der Waals surface area contributed by atoms with E-state index in [2.05, 4.69) is 62.3 Å². The summed E-state index contributed by atoms with van der Waals surface area (Å²) < 4.78 is 0. The van der Waals surface area contributed by atoms with Crippen LogP contribution in [0.3, 0.4) is 0 Å². The van der Waals surface area contributed by atoms with Crippen molar-refractivity contribution in [3.63, 3.8) is 0 Å². The van der Waals surface area contributed by atoms with E-state index in [-0.39, 0.29) is 0 Å². The zero-order valence-electron chi connectivity index (χ0n) is 25.2. The first-order valence-corrected chi connectivity index (χ1v) is 15.6.